The van der Waals surface area contributed by atoms with Crippen molar-refractivity contribution in [3.8, 4) is 0 Å². The Morgan fingerprint density at radius 2 is 1.24 bits per heavy atom. The molecule has 0 fully saturated rings. The summed E-state index contributed by atoms with van der Waals surface area (Å²) in [6.07, 6.45) is 22.0. The van der Waals surface area contributed by atoms with Gasteiger partial charge >= 0.3 is 11.9 Å². The van der Waals surface area contributed by atoms with Gasteiger partial charge in [0.25, 0.3) is 0 Å². The molecule has 136 valence electrons. The van der Waals surface area contributed by atoms with Crippen molar-refractivity contribution in [2.75, 3.05) is 0 Å². The number of hydrogen-bond acceptors (Lipinski definition) is 3. The third-order valence-corrected chi connectivity index (χ3v) is 5.24. The molecule has 0 saturated carbocycles. The van der Waals surface area contributed by atoms with E-state index >= 15 is 0 Å². The van der Waals surface area contributed by atoms with Gasteiger partial charge in [0.1, 0.15) is 0 Å². The molecule has 0 aromatic heterocycles. The summed E-state index contributed by atoms with van der Waals surface area (Å²) in [6, 6.07) is 0. The second kappa shape index (κ2) is 8.98. The predicted molar refractivity (Wildman–Crippen MR) is 101 cm³/mol. The molecule has 2 unspecified atom stereocenters. The number of allylic oxidation sites excluding steroid dienone is 6. The Morgan fingerprint density at radius 1 is 0.800 bits per heavy atom. The maximum Gasteiger partial charge on any atom is 0.323 e. The molecule has 2 rings (SSSR count). The minimum absolute atomic E-state index is 0.398. The van der Waals surface area contributed by atoms with E-state index in [1.807, 2.05) is 48.6 Å². The van der Waals surface area contributed by atoms with Crippen LogP contribution in [-0.2, 0) is 14.3 Å². The lowest BCUT2D eigenvalue weighted by Gasteiger charge is -2.32. The van der Waals surface area contributed by atoms with Crippen LogP contribution in [0.2, 0.25) is 0 Å². The summed E-state index contributed by atoms with van der Waals surface area (Å²) in [6.45, 7) is 4.21. The topological polar surface area (TPSA) is 43.4 Å². The zero-order valence-corrected chi connectivity index (χ0v) is 15.5. The van der Waals surface area contributed by atoms with Gasteiger partial charge in [-0.05, 0) is 25.7 Å². The second-order valence-corrected chi connectivity index (χ2v) is 7.18. The second-order valence-electron chi connectivity index (χ2n) is 7.18. The van der Waals surface area contributed by atoms with Gasteiger partial charge in [-0.15, -0.1) is 0 Å². The van der Waals surface area contributed by atoms with Crippen molar-refractivity contribution in [2.45, 2.75) is 65.2 Å². The molecule has 25 heavy (non-hydrogen) atoms. The Bertz CT molecular complexity index is 544. The van der Waals surface area contributed by atoms with E-state index in [0.717, 1.165) is 25.7 Å². The molecule has 0 spiro atoms. The van der Waals surface area contributed by atoms with Crippen LogP contribution in [0.5, 0.6) is 0 Å². The number of rotatable bonds is 8. The third-order valence-electron chi connectivity index (χ3n) is 5.24. The highest BCUT2D eigenvalue weighted by Crippen LogP contribution is 2.39. The van der Waals surface area contributed by atoms with Crippen LogP contribution in [0.15, 0.2) is 48.6 Å². The number of carbonyl (C=O) groups is 2. The molecule has 0 bridgehead atoms. The average molecular weight is 342 g/mol. The molecule has 0 saturated heterocycles. The summed E-state index contributed by atoms with van der Waals surface area (Å²) >= 11 is 0. The fourth-order valence-corrected chi connectivity index (χ4v) is 3.48. The lowest BCUT2D eigenvalue weighted by Crippen LogP contribution is -2.39. The van der Waals surface area contributed by atoms with Crippen LogP contribution in [-0.4, -0.2) is 11.9 Å². The van der Waals surface area contributed by atoms with Crippen molar-refractivity contribution in [1.29, 1.82) is 0 Å². The number of ether oxygens (including phenoxy) is 1. The number of esters is 2. The molecule has 2 aliphatic rings. The van der Waals surface area contributed by atoms with Gasteiger partial charge in [-0.2, -0.15) is 0 Å². The maximum atomic E-state index is 12.9. The van der Waals surface area contributed by atoms with Crippen LogP contribution in [0.25, 0.3) is 0 Å². The number of hydrogen-bond donors (Lipinski definition) is 0. The summed E-state index contributed by atoms with van der Waals surface area (Å²) in [5.41, 5.74) is -1.39. The van der Waals surface area contributed by atoms with Crippen molar-refractivity contribution in [3.05, 3.63) is 48.6 Å². The maximum absolute atomic E-state index is 12.9. The average Bonchev–Trinajstić information content (AvgIpc) is 2.66. The lowest BCUT2D eigenvalue weighted by atomic mass is 9.76. The van der Waals surface area contributed by atoms with E-state index in [1.165, 1.54) is 0 Å². The molecule has 0 heterocycles. The van der Waals surface area contributed by atoms with Gasteiger partial charge in [0.15, 0.2) is 0 Å². The van der Waals surface area contributed by atoms with Crippen molar-refractivity contribution in [2.24, 2.45) is 10.8 Å². The summed E-state index contributed by atoms with van der Waals surface area (Å²) in [4.78, 5) is 25.8. The van der Waals surface area contributed by atoms with Gasteiger partial charge < -0.3 is 4.74 Å². The molecule has 0 aromatic carbocycles. The number of carbonyl (C=O) groups excluding carboxylic acids is 2. The highest BCUT2D eigenvalue weighted by molar-refractivity contribution is 5.93. The molecule has 2 atom stereocenters. The summed E-state index contributed by atoms with van der Waals surface area (Å²) in [5.74, 6) is -0.796. The Kier molecular flexibility index (Phi) is 6.98. The van der Waals surface area contributed by atoms with E-state index in [1.54, 1.807) is 0 Å². The zero-order valence-electron chi connectivity index (χ0n) is 15.5. The monoisotopic (exact) mass is 342 g/mol. The fourth-order valence-electron chi connectivity index (χ4n) is 3.48. The Morgan fingerprint density at radius 3 is 1.56 bits per heavy atom. The third kappa shape index (κ3) is 4.59. The molecule has 0 aliphatic heterocycles. The first-order chi connectivity index (χ1) is 12.1. The van der Waals surface area contributed by atoms with Gasteiger partial charge in [-0.25, -0.2) is 0 Å². The highest BCUT2D eigenvalue weighted by Gasteiger charge is 2.43. The molecular weight excluding hydrogens is 312 g/mol. The van der Waals surface area contributed by atoms with Crippen molar-refractivity contribution in [3.63, 3.8) is 0 Å². The standard InChI is InChI=1S/C22H30O3/c1-3-5-13-21(15-9-7-10-16-21)19(23)25-20(24)22(14-6-4-2)17-11-8-12-18-22/h7-12,15,17H,3-6,13-14,16,18H2,1-2H3. The SMILES string of the molecule is CCCCC1(C(=O)OC(=O)C2(CCCC)C=CC=CC2)C=CC=CC1. The molecule has 3 nitrogen and oxygen atoms in total. The lowest BCUT2D eigenvalue weighted by molar-refractivity contribution is -0.171. The van der Waals surface area contributed by atoms with Crippen LogP contribution in [0.1, 0.15) is 65.2 Å². The number of unbranched alkanes of at least 4 members (excludes halogenated alkanes) is 2. The normalized spacial score (nSPS) is 27.4. The summed E-state index contributed by atoms with van der Waals surface area (Å²) < 4.78 is 5.48. The molecular formula is C22H30O3. The van der Waals surface area contributed by atoms with E-state index in [9.17, 15) is 9.59 Å². The summed E-state index contributed by atoms with van der Waals surface area (Å²) in [7, 11) is 0. The molecule has 0 aromatic rings. The minimum atomic E-state index is -0.694. The van der Waals surface area contributed by atoms with Crippen molar-refractivity contribution in [1.82, 2.24) is 0 Å². The first-order valence-electron chi connectivity index (χ1n) is 9.54. The van der Waals surface area contributed by atoms with Gasteiger partial charge in [-0.1, -0.05) is 88.1 Å². The van der Waals surface area contributed by atoms with Crippen molar-refractivity contribution >= 4 is 11.9 Å². The highest BCUT2D eigenvalue weighted by atomic mass is 16.6. The minimum Gasteiger partial charge on any atom is -0.392 e. The first-order valence-corrected chi connectivity index (χ1v) is 9.54. The van der Waals surface area contributed by atoms with Crippen LogP contribution >= 0.6 is 0 Å². The zero-order chi connectivity index (χ0) is 18.2. The molecule has 3 heteroatoms. The van der Waals surface area contributed by atoms with Crippen molar-refractivity contribution < 1.29 is 14.3 Å². The first kappa shape index (κ1) is 19.4. The van der Waals surface area contributed by atoms with E-state index in [2.05, 4.69) is 13.8 Å². The fraction of sp³-hybridized carbons (Fsp3) is 0.545. The Labute approximate surface area is 151 Å². The molecule has 0 amide bonds. The van der Waals surface area contributed by atoms with Gasteiger partial charge in [0, 0.05) is 0 Å². The van der Waals surface area contributed by atoms with E-state index in [0.29, 0.717) is 25.7 Å². The van der Waals surface area contributed by atoms with Gasteiger partial charge in [0.2, 0.25) is 0 Å². The van der Waals surface area contributed by atoms with Crippen LogP contribution < -0.4 is 0 Å². The van der Waals surface area contributed by atoms with E-state index in [-0.39, 0.29) is 0 Å². The summed E-state index contributed by atoms with van der Waals surface area (Å²) in [5, 5.41) is 0. The quantitative estimate of drug-likeness (QED) is 0.435. The largest absolute Gasteiger partial charge is 0.392 e. The van der Waals surface area contributed by atoms with Crippen LogP contribution in [0, 0.1) is 10.8 Å². The Balaban J connectivity index is 2.14. The Hall–Kier alpha value is -1.90. The van der Waals surface area contributed by atoms with Gasteiger partial charge in [0.05, 0.1) is 10.8 Å². The van der Waals surface area contributed by atoms with Crippen LogP contribution in [0.3, 0.4) is 0 Å². The smallest absolute Gasteiger partial charge is 0.323 e. The van der Waals surface area contributed by atoms with E-state index < -0.39 is 22.8 Å². The molecule has 2 aliphatic carbocycles. The molecule has 0 N–H and O–H groups in total. The van der Waals surface area contributed by atoms with Crippen LogP contribution in [0.4, 0.5) is 0 Å². The predicted octanol–water partition coefficient (Wildman–Crippen LogP) is 5.44. The molecule has 0 radical (unpaired) electrons. The van der Waals surface area contributed by atoms with E-state index in [4.69, 9.17) is 4.74 Å². The van der Waals surface area contributed by atoms with Gasteiger partial charge in [-0.3, -0.25) is 9.59 Å².